The van der Waals surface area contributed by atoms with Gasteiger partial charge < -0.3 is 10.1 Å². The summed E-state index contributed by atoms with van der Waals surface area (Å²) in [6, 6.07) is 11.8. The molecule has 7 heteroatoms. The molecule has 3 aromatic rings. The van der Waals surface area contributed by atoms with E-state index in [-0.39, 0.29) is 24.2 Å². The summed E-state index contributed by atoms with van der Waals surface area (Å²) in [5, 5.41) is 3.10. The molecule has 1 aromatic heterocycles. The highest BCUT2D eigenvalue weighted by Crippen LogP contribution is 2.29. The molecule has 0 fully saturated rings. The SMILES string of the molecule is O=C(CCl)Nc1nc2ccc(OCc3ccccc3F)cc2s1. The van der Waals surface area contributed by atoms with Crippen LogP contribution in [0.2, 0.25) is 0 Å². The van der Waals surface area contributed by atoms with E-state index in [0.29, 0.717) is 16.4 Å². The molecular weight excluding hydrogens is 339 g/mol. The van der Waals surface area contributed by atoms with Crippen LogP contribution in [0, 0.1) is 5.82 Å². The number of amides is 1. The summed E-state index contributed by atoms with van der Waals surface area (Å²) < 4.78 is 20.0. The molecule has 4 nitrogen and oxygen atoms in total. The number of nitrogens with one attached hydrogen (secondary N) is 1. The van der Waals surface area contributed by atoms with E-state index in [2.05, 4.69) is 10.3 Å². The summed E-state index contributed by atoms with van der Waals surface area (Å²) in [5.74, 6) is -0.105. The van der Waals surface area contributed by atoms with Gasteiger partial charge in [-0.05, 0) is 24.3 Å². The third-order valence-corrected chi connectivity index (χ3v) is 4.26. The van der Waals surface area contributed by atoms with Crippen molar-refractivity contribution in [1.82, 2.24) is 4.98 Å². The van der Waals surface area contributed by atoms with Gasteiger partial charge in [-0.3, -0.25) is 4.79 Å². The molecule has 0 saturated carbocycles. The van der Waals surface area contributed by atoms with Gasteiger partial charge >= 0.3 is 0 Å². The number of ether oxygens (including phenoxy) is 1. The molecule has 0 spiro atoms. The van der Waals surface area contributed by atoms with Gasteiger partial charge in [0, 0.05) is 5.56 Å². The minimum atomic E-state index is -0.304. The van der Waals surface area contributed by atoms with Crippen LogP contribution in [0.3, 0.4) is 0 Å². The first kappa shape index (κ1) is 15.7. The zero-order valence-electron chi connectivity index (χ0n) is 11.9. The van der Waals surface area contributed by atoms with E-state index < -0.39 is 0 Å². The summed E-state index contributed by atoms with van der Waals surface area (Å²) in [6.45, 7) is 0.146. The monoisotopic (exact) mass is 350 g/mol. The molecule has 118 valence electrons. The van der Waals surface area contributed by atoms with Crippen molar-refractivity contribution < 1.29 is 13.9 Å². The van der Waals surface area contributed by atoms with E-state index in [1.807, 2.05) is 6.07 Å². The molecule has 1 N–H and O–H groups in total. The van der Waals surface area contributed by atoms with Crippen molar-refractivity contribution in [3.63, 3.8) is 0 Å². The van der Waals surface area contributed by atoms with Crippen LogP contribution in [0.1, 0.15) is 5.56 Å². The third kappa shape index (κ3) is 3.78. The van der Waals surface area contributed by atoms with Gasteiger partial charge in [0.25, 0.3) is 0 Å². The molecule has 0 saturated heterocycles. The first-order valence-electron chi connectivity index (χ1n) is 6.78. The highest BCUT2D eigenvalue weighted by Gasteiger charge is 2.08. The second-order valence-electron chi connectivity index (χ2n) is 4.71. The Balaban J connectivity index is 1.75. The van der Waals surface area contributed by atoms with Crippen LogP contribution in [0.4, 0.5) is 9.52 Å². The van der Waals surface area contributed by atoms with Gasteiger partial charge in [0.2, 0.25) is 5.91 Å². The number of nitrogens with zero attached hydrogens (tertiary/aromatic N) is 1. The van der Waals surface area contributed by atoms with Crippen molar-refractivity contribution in [3.8, 4) is 5.75 Å². The van der Waals surface area contributed by atoms with E-state index in [4.69, 9.17) is 16.3 Å². The lowest BCUT2D eigenvalue weighted by atomic mass is 10.2. The van der Waals surface area contributed by atoms with Gasteiger partial charge in [-0.2, -0.15) is 0 Å². The number of halogens is 2. The Kier molecular flexibility index (Phi) is 4.73. The van der Waals surface area contributed by atoms with Crippen molar-refractivity contribution >= 4 is 44.2 Å². The Morgan fingerprint density at radius 1 is 1.30 bits per heavy atom. The number of carbonyl (C=O) groups excluding carboxylic acids is 1. The average molecular weight is 351 g/mol. The number of rotatable bonds is 5. The quantitative estimate of drug-likeness (QED) is 0.702. The first-order valence-corrected chi connectivity index (χ1v) is 8.13. The number of alkyl halides is 1. The lowest BCUT2D eigenvalue weighted by Crippen LogP contribution is -2.11. The summed E-state index contributed by atoms with van der Waals surface area (Å²) in [6.07, 6.45) is 0. The van der Waals surface area contributed by atoms with Crippen LogP contribution in [-0.2, 0) is 11.4 Å². The predicted octanol–water partition coefficient (Wildman–Crippen LogP) is 4.19. The highest BCUT2D eigenvalue weighted by atomic mass is 35.5. The normalized spacial score (nSPS) is 10.7. The Hall–Kier alpha value is -2.18. The maximum absolute atomic E-state index is 13.6. The first-order chi connectivity index (χ1) is 11.2. The smallest absolute Gasteiger partial charge is 0.241 e. The van der Waals surface area contributed by atoms with Crippen molar-refractivity contribution in [2.75, 3.05) is 11.2 Å². The summed E-state index contributed by atoms with van der Waals surface area (Å²) in [4.78, 5) is 15.6. The van der Waals surface area contributed by atoms with E-state index in [9.17, 15) is 9.18 Å². The van der Waals surface area contributed by atoms with E-state index >= 15 is 0 Å². The number of aromatic nitrogens is 1. The van der Waals surface area contributed by atoms with E-state index in [0.717, 1.165) is 10.2 Å². The molecule has 3 rings (SSSR count). The maximum Gasteiger partial charge on any atom is 0.241 e. The standard InChI is InChI=1S/C16H12ClFN2O2S/c17-8-15(21)20-16-19-13-6-5-11(7-14(13)23-16)22-9-10-3-1-2-4-12(10)18/h1-7H,8-9H2,(H,19,20,21). The van der Waals surface area contributed by atoms with E-state index in [1.54, 1.807) is 30.3 Å². The van der Waals surface area contributed by atoms with Gasteiger partial charge in [-0.25, -0.2) is 9.37 Å². The minimum Gasteiger partial charge on any atom is -0.489 e. The zero-order chi connectivity index (χ0) is 16.2. The Morgan fingerprint density at radius 2 is 2.13 bits per heavy atom. The lowest BCUT2D eigenvalue weighted by Gasteiger charge is -2.06. The van der Waals surface area contributed by atoms with Crippen LogP contribution in [0.25, 0.3) is 10.2 Å². The Labute approximate surface area is 140 Å². The summed E-state index contributed by atoms with van der Waals surface area (Å²) >= 11 is 6.78. The average Bonchev–Trinajstić information content (AvgIpc) is 2.95. The largest absolute Gasteiger partial charge is 0.489 e. The van der Waals surface area contributed by atoms with Crippen molar-refractivity contribution in [2.45, 2.75) is 6.61 Å². The lowest BCUT2D eigenvalue weighted by molar-refractivity contribution is -0.113. The van der Waals surface area contributed by atoms with Gasteiger partial charge in [0.05, 0.1) is 10.2 Å². The number of fused-ring (bicyclic) bond motifs is 1. The predicted molar refractivity (Wildman–Crippen MR) is 89.7 cm³/mol. The summed E-state index contributed by atoms with van der Waals surface area (Å²) in [7, 11) is 0. The Morgan fingerprint density at radius 3 is 2.91 bits per heavy atom. The van der Waals surface area contributed by atoms with Crippen LogP contribution in [0.5, 0.6) is 5.75 Å². The number of anilines is 1. The van der Waals surface area contributed by atoms with Crippen molar-refractivity contribution in [1.29, 1.82) is 0 Å². The second kappa shape index (κ2) is 6.93. The van der Waals surface area contributed by atoms with Crippen molar-refractivity contribution in [3.05, 3.63) is 53.8 Å². The fourth-order valence-corrected chi connectivity index (χ4v) is 2.95. The third-order valence-electron chi connectivity index (χ3n) is 3.08. The number of hydrogen-bond donors (Lipinski definition) is 1. The molecule has 0 bridgehead atoms. The van der Waals surface area contributed by atoms with Crippen molar-refractivity contribution in [2.24, 2.45) is 0 Å². The van der Waals surface area contributed by atoms with Crippen LogP contribution in [-0.4, -0.2) is 16.8 Å². The molecule has 23 heavy (non-hydrogen) atoms. The fourth-order valence-electron chi connectivity index (χ4n) is 1.98. The van der Waals surface area contributed by atoms with Crippen LogP contribution in [0.15, 0.2) is 42.5 Å². The van der Waals surface area contributed by atoms with E-state index in [1.165, 1.54) is 17.4 Å². The molecule has 0 unspecified atom stereocenters. The Bertz CT molecular complexity index is 853. The van der Waals surface area contributed by atoms with Crippen LogP contribution >= 0.6 is 22.9 Å². The maximum atomic E-state index is 13.6. The zero-order valence-corrected chi connectivity index (χ0v) is 13.5. The molecule has 0 aliphatic heterocycles. The summed E-state index contributed by atoms with van der Waals surface area (Å²) in [5.41, 5.74) is 1.24. The van der Waals surface area contributed by atoms with Gasteiger partial charge in [0.15, 0.2) is 5.13 Å². The molecule has 1 heterocycles. The topological polar surface area (TPSA) is 51.2 Å². The molecule has 0 radical (unpaired) electrons. The van der Waals surface area contributed by atoms with Gasteiger partial charge in [-0.1, -0.05) is 29.5 Å². The molecule has 0 atom stereocenters. The highest BCUT2D eigenvalue weighted by molar-refractivity contribution is 7.22. The van der Waals surface area contributed by atoms with Crippen LogP contribution < -0.4 is 10.1 Å². The number of thiazole rings is 1. The number of hydrogen-bond acceptors (Lipinski definition) is 4. The molecule has 1 amide bonds. The molecular formula is C16H12ClFN2O2S. The number of carbonyl (C=O) groups is 1. The molecule has 0 aliphatic carbocycles. The van der Waals surface area contributed by atoms with Gasteiger partial charge in [-0.15, -0.1) is 11.6 Å². The number of benzene rings is 2. The molecule has 0 aliphatic rings. The van der Waals surface area contributed by atoms with Gasteiger partial charge in [0.1, 0.15) is 24.1 Å². The second-order valence-corrected chi connectivity index (χ2v) is 6.01. The molecule has 2 aromatic carbocycles. The minimum absolute atomic E-state index is 0.118. The fraction of sp³-hybridized carbons (Fsp3) is 0.125.